The van der Waals surface area contributed by atoms with Crippen LogP contribution in [0.2, 0.25) is 0 Å². The average Bonchev–Trinajstić information content (AvgIpc) is 3.07. The molecule has 3 N–H and O–H groups in total. The Kier molecular flexibility index (Phi) is 7.81. The number of anilines is 1. The predicted octanol–water partition coefficient (Wildman–Crippen LogP) is 2.33. The highest BCUT2D eigenvalue weighted by molar-refractivity contribution is 5.94. The highest BCUT2D eigenvalue weighted by Gasteiger charge is 2.27. The molecular formula is C20H30FN5O3. The molecule has 0 aromatic heterocycles. The van der Waals surface area contributed by atoms with E-state index >= 15 is 0 Å². The zero-order valence-corrected chi connectivity index (χ0v) is 17.4. The smallest absolute Gasteiger partial charge is 0.407 e. The molecular weight excluding hydrogens is 377 g/mol. The minimum Gasteiger partial charge on any atom is -0.444 e. The molecule has 1 unspecified atom stereocenters. The van der Waals surface area contributed by atoms with E-state index < -0.39 is 11.7 Å². The Labute approximate surface area is 170 Å². The standard InChI is InChI=1S/C20H30FN5O3/c1-5-22-18(23-12-17(27)24-15-8-6-14(21)7-9-15)26-11-10-16(13-26)25-19(28)29-20(2,3)4/h6-9,16H,5,10-13H2,1-4H3,(H,22,23)(H,24,27)(H,25,28). The van der Waals surface area contributed by atoms with Gasteiger partial charge in [-0.25, -0.2) is 14.2 Å². The molecule has 1 heterocycles. The molecule has 1 aliphatic heterocycles. The second kappa shape index (κ2) is 10.1. The number of guanidine groups is 1. The van der Waals surface area contributed by atoms with Crippen LogP contribution in [0.3, 0.4) is 0 Å². The van der Waals surface area contributed by atoms with E-state index in [1.807, 2.05) is 32.6 Å². The van der Waals surface area contributed by atoms with Crippen LogP contribution < -0.4 is 16.0 Å². The maximum absolute atomic E-state index is 12.9. The second-order valence-corrected chi connectivity index (χ2v) is 7.80. The summed E-state index contributed by atoms with van der Waals surface area (Å²) in [6, 6.07) is 5.50. The fourth-order valence-electron chi connectivity index (χ4n) is 2.85. The number of halogens is 1. The number of carbonyl (C=O) groups excluding carboxylic acids is 2. The van der Waals surface area contributed by atoms with Crippen LogP contribution in [0.15, 0.2) is 29.3 Å². The van der Waals surface area contributed by atoms with E-state index in [-0.39, 0.29) is 24.3 Å². The summed E-state index contributed by atoms with van der Waals surface area (Å²) < 4.78 is 18.2. The maximum atomic E-state index is 12.9. The van der Waals surface area contributed by atoms with Gasteiger partial charge in [-0.1, -0.05) is 0 Å². The van der Waals surface area contributed by atoms with Gasteiger partial charge >= 0.3 is 6.09 Å². The summed E-state index contributed by atoms with van der Waals surface area (Å²) in [5.74, 6) is -0.0519. The Morgan fingerprint density at radius 2 is 1.97 bits per heavy atom. The fourth-order valence-corrected chi connectivity index (χ4v) is 2.85. The first kappa shape index (κ1) is 22.4. The lowest BCUT2D eigenvalue weighted by atomic mass is 10.2. The molecule has 9 heteroatoms. The number of nitrogens with one attached hydrogen (secondary N) is 3. The van der Waals surface area contributed by atoms with Gasteiger partial charge in [0.05, 0.1) is 6.04 Å². The predicted molar refractivity (Wildman–Crippen MR) is 110 cm³/mol. The number of ether oxygens (including phenoxy) is 1. The number of hydrogen-bond acceptors (Lipinski definition) is 4. The largest absolute Gasteiger partial charge is 0.444 e. The lowest BCUT2D eigenvalue weighted by Gasteiger charge is -2.23. The molecule has 0 saturated carbocycles. The molecule has 1 aromatic carbocycles. The number of aliphatic imine (C=N–C) groups is 1. The maximum Gasteiger partial charge on any atom is 0.407 e. The Balaban J connectivity index is 1.88. The molecule has 1 saturated heterocycles. The molecule has 1 fully saturated rings. The Hall–Kier alpha value is -2.84. The minimum atomic E-state index is -0.545. The van der Waals surface area contributed by atoms with E-state index in [0.29, 0.717) is 31.3 Å². The van der Waals surface area contributed by atoms with Gasteiger partial charge in [-0.15, -0.1) is 0 Å². The van der Waals surface area contributed by atoms with Crippen LogP contribution >= 0.6 is 0 Å². The summed E-state index contributed by atoms with van der Waals surface area (Å²) in [5, 5.41) is 8.72. The van der Waals surface area contributed by atoms with Crippen LogP contribution in [-0.2, 0) is 9.53 Å². The summed E-state index contributed by atoms with van der Waals surface area (Å²) in [4.78, 5) is 30.5. The van der Waals surface area contributed by atoms with Gasteiger partial charge in [0.15, 0.2) is 5.96 Å². The molecule has 1 atom stereocenters. The van der Waals surface area contributed by atoms with Gasteiger partial charge in [-0.3, -0.25) is 4.79 Å². The number of nitrogens with zero attached hydrogens (tertiary/aromatic N) is 2. The zero-order chi connectivity index (χ0) is 21.4. The first-order valence-electron chi connectivity index (χ1n) is 9.74. The summed E-state index contributed by atoms with van der Waals surface area (Å²) in [6.45, 7) is 9.26. The quantitative estimate of drug-likeness (QED) is 0.514. The minimum absolute atomic E-state index is 0.0539. The molecule has 0 spiro atoms. The van der Waals surface area contributed by atoms with Gasteiger partial charge in [-0.2, -0.15) is 0 Å². The van der Waals surface area contributed by atoms with Gasteiger partial charge in [0.25, 0.3) is 0 Å². The molecule has 2 amide bonds. The van der Waals surface area contributed by atoms with Gasteiger partial charge in [0.1, 0.15) is 18.0 Å². The second-order valence-electron chi connectivity index (χ2n) is 7.80. The molecule has 2 rings (SSSR count). The number of likely N-dealkylation sites (tertiary alicyclic amines) is 1. The molecule has 29 heavy (non-hydrogen) atoms. The van der Waals surface area contributed by atoms with Crippen LogP contribution in [-0.4, -0.2) is 60.7 Å². The Morgan fingerprint density at radius 3 is 2.59 bits per heavy atom. The third kappa shape index (κ3) is 7.97. The third-order valence-electron chi connectivity index (χ3n) is 4.04. The molecule has 160 valence electrons. The third-order valence-corrected chi connectivity index (χ3v) is 4.04. The molecule has 0 aliphatic carbocycles. The molecule has 8 nitrogen and oxygen atoms in total. The number of rotatable bonds is 5. The summed E-state index contributed by atoms with van der Waals surface area (Å²) in [5.41, 5.74) is -0.0317. The zero-order valence-electron chi connectivity index (χ0n) is 17.4. The van der Waals surface area contributed by atoms with Crippen molar-refractivity contribution in [3.05, 3.63) is 30.1 Å². The van der Waals surface area contributed by atoms with Crippen molar-refractivity contribution >= 4 is 23.6 Å². The van der Waals surface area contributed by atoms with Crippen molar-refractivity contribution in [3.63, 3.8) is 0 Å². The van der Waals surface area contributed by atoms with Crippen LogP contribution in [0, 0.1) is 5.82 Å². The van der Waals surface area contributed by atoms with Crippen molar-refractivity contribution in [1.29, 1.82) is 0 Å². The lowest BCUT2D eigenvalue weighted by molar-refractivity contribution is -0.114. The van der Waals surface area contributed by atoms with E-state index in [2.05, 4.69) is 20.9 Å². The van der Waals surface area contributed by atoms with Crippen LogP contribution in [0.1, 0.15) is 34.1 Å². The van der Waals surface area contributed by atoms with Gasteiger partial charge < -0.3 is 25.6 Å². The summed E-state index contributed by atoms with van der Waals surface area (Å²) in [7, 11) is 0. The Bertz CT molecular complexity index is 731. The van der Waals surface area contributed by atoms with Gasteiger partial charge in [-0.05, 0) is 58.4 Å². The first-order valence-corrected chi connectivity index (χ1v) is 9.74. The van der Waals surface area contributed by atoms with Crippen molar-refractivity contribution in [3.8, 4) is 0 Å². The topological polar surface area (TPSA) is 95.1 Å². The Morgan fingerprint density at radius 1 is 1.28 bits per heavy atom. The van der Waals surface area contributed by atoms with E-state index in [1.165, 1.54) is 24.3 Å². The number of hydrogen-bond donors (Lipinski definition) is 3. The van der Waals surface area contributed by atoms with E-state index in [0.717, 1.165) is 6.42 Å². The molecule has 0 bridgehead atoms. The lowest BCUT2D eigenvalue weighted by Crippen LogP contribution is -2.44. The van der Waals surface area contributed by atoms with Crippen LogP contribution in [0.25, 0.3) is 0 Å². The summed E-state index contributed by atoms with van der Waals surface area (Å²) >= 11 is 0. The van der Waals surface area contributed by atoms with Crippen molar-refractivity contribution < 1.29 is 18.7 Å². The average molecular weight is 407 g/mol. The van der Waals surface area contributed by atoms with Gasteiger partial charge in [0.2, 0.25) is 5.91 Å². The van der Waals surface area contributed by atoms with Gasteiger partial charge in [0, 0.05) is 25.3 Å². The number of benzene rings is 1. The highest BCUT2D eigenvalue weighted by atomic mass is 19.1. The van der Waals surface area contributed by atoms with Crippen LogP contribution in [0.5, 0.6) is 0 Å². The van der Waals surface area contributed by atoms with Crippen molar-refractivity contribution in [2.75, 3.05) is 31.5 Å². The normalized spacial score (nSPS) is 17.1. The SMILES string of the molecule is CCNC(=NCC(=O)Nc1ccc(F)cc1)N1CCC(NC(=O)OC(C)(C)C)C1. The van der Waals surface area contributed by atoms with Crippen molar-refractivity contribution in [1.82, 2.24) is 15.5 Å². The molecule has 1 aromatic rings. The monoisotopic (exact) mass is 407 g/mol. The number of carbonyl (C=O) groups is 2. The fraction of sp³-hybridized carbons (Fsp3) is 0.550. The highest BCUT2D eigenvalue weighted by Crippen LogP contribution is 2.12. The summed E-state index contributed by atoms with van der Waals surface area (Å²) in [6.07, 6.45) is 0.316. The van der Waals surface area contributed by atoms with Crippen LogP contribution in [0.4, 0.5) is 14.9 Å². The number of amides is 2. The number of alkyl carbamates (subject to hydrolysis) is 1. The molecule has 1 aliphatic rings. The molecule has 0 radical (unpaired) electrons. The first-order chi connectivity index (χ1) is 13.7. The van der Waals surface area contributed by atoms with E-state index in [1.54, 1.807) is 0 Å². The van der Waals surface area contributed by atoms with E-state index in [4.69, 9.17) is 4.74 Å². The van der Waals surface area contributed by atoms with Crippen molar-refractivity contribution in [2.45, 2.75) is 45.8 Å². The van der Waals surface area contributed by atoms with Crippen molar-refractivity contribution in [2.24, 2.45) is 4.99 Å². The van der Waals surface area contributed by atoms with E-state index in [9.17, 15) is 14.0 Å².